The normalized spacial score (nSPS) is 12.2. The van der Waals surface area contributed by atoms with Gasteiger partial charge in [-0.25, -0.2) is 0 Å². The molecule has 1 rings (SSSR count). The highest BCUT2D eigenvalue weighted by Crippen LogP contribution is 2.11. The predicted molar refractivity (Wildman–Crippen MR) is 76.8 cm³/mol. The summed E-state index contributed by atoms with van der Waals surface area (Å²) in [7, 11) is 1.64. The van der Waals surface area contributed by atoms with E-state index < -0.39 is 0 Å². The van der Waals surface area contributed by atoms with E-state index in [1.54, 1.807) is 7.11 Å². The topological polar surface area (TPSA) is 55.6 Å². The van der Waals surface area contributed by atoms with Gasteiger partial charge in [-0.15, -0.1) is 0 Å². The van der Waals surface area contributed by atoms with Gasteiger partial charge in [0.2, 0.25) is 5.91 Å². The van der Waals surface area contributed by atoms with E-state index in [9.17, 15) is 4.79 Å². The number of benzene rings is 1. The molecule has 1 amide bonds. The number of amides is 1. The Hall–Kier alpha value is -1.39. The van der Waals surface area contributed by atoms with Crippen molar-refractivity contribution in [3.05, 3.63) is 35.9 Å². The third-order valence-electron chi connectivity index (χ3n) is 3.22. The lowest BCUT2D eigenvalue weighted by atomic mass is 9.98. The van der Waals surface area contributed by atoms with E-state index in [4.69, 9.17) is 10.5 Å². The first-order chi connectivity index (χ1) is 9.22. The first-order valence-electron chi connectivity index (χ1n) is 6.74. The summed E-state index contributed by atoms with van der Waals surface area (Å²) in [5.41, 5.74) is 6.91. The van der Waals surface area contributed by atoms with Crippen LogP contribution in [0.4, 0.5) is 0 Å². The van der Waals surface area contributed by atoms with Gasteiger partial charge in [0.25, 0.3) is 0 Å². The second-order valence-electron chi connectivity index (χ2n) is 4.53. The lowest BCUT2D eigenvalue weighted by Crippen LogP contribution is -2.41. The molecule has 1 aromatic rings. The second-order valence-corrected chi connectivity index (χ2v) is 4.53. The summed E-state index contributed by atoms with van der Waals surface area (Å²) >= 11 is 0. The standard InChI is InChI=1S/C15H24N2O2/c1-3-17(9-10-19-2)15(18)14(12-16)11-13-7-5-4-6-8-13/h4-8,14H,3,9-12,16H2,1-2H3. The molecule has 0 aliphatic rings. The quantitative estimate of drug-likeness (QED) is 0.770. The molecule has 0 radical (unpaired) electrons. The molecule has 0 fully saturated rings. The molecular weight excluding hydrogens is 240 g/mol. The summed E-state index contributed by atoms with van der Waals surface area (Å²) in [5, 5.41) is 0. The molecule has 0 aliphatic carbocycles. The SMILES string of the molecule is CCN(CCOC)C(=O)C(CN)Cc1ccccc1. The van der Waals surface area contributed by atoms with Crippen LogP contribution in [0.25, 0.3) is 0 Å². The third kappa shape index (κ3) is 5.01. The average molecular weight is 264 g/mol. The van der Waals surface area contributed by atoms with Gasteiger partial charge < -0.3 is 15.4 Å². The van der Waals surface area contributed by atoms with Crippen molar-refractivity contribution in [3.63, 3.8) is 0 Å². The molecule has 106 valence electrons. The smallest absolute Gasteiger partial charge is 0.227 e. The van der Waals surface area contributed by atoms with Gasteiger partial charge >= 0.3 is 0 Å². The highest BCUT2D eigenvalue weighted by Gasteiger charge is 2.22. The maximum absolute atomic E-state index is 12.4. The molecule has 0 aromatic heterocycles. The van der Waals surface area contributed by atoms with E-state index in [1.165, 1.54) is 0 Å². The minimum atomic E-state index is -0.154. The lowest BCUT2D eigenvalue weighted by molar-refractivity contribution is -0.135. The van der Waals surface area contributed by atoms with Crippen LogP contribution in [0.15, 0.2) is 30.3 Å². The monoisotopic (exact) mass is 264 g/mol. The fourth-order valence-corrected chi connectivity index (χ4v) is 2.05. The largest absolute Gasteiger partial charge is 0.383 e. The van der Waals surface area contributed by atoms with Crippen LogP contribution in [0, 0.1) is 5.92 Å². The zero-order chi connectivity index (χ0) is 14.1. The zero-order valence-corrected chi connectivity index (χ0v) is 11.8. The molecule has 2 N–H and O–H groups in total. The maximum Gasteiger partial charge on any atom is 0.227 e. The van der Waals surface area contributed by atoms with Gasteiger partial charge in [-0.1, -0.05) is 30.3 Å². The Bertz CT molecular complexity index is 368. The summed E-state index contributed by atoms with van der Waals surface area (Å²) in [5.74, 6) is -0.0369. The number of carbonyl (C=O) groups excluding carboxylic acids is 1. The molecule has 4 nitrogen and oxygen atoms in total. The van der Waals surface area contributed by atoms with Gasteiger partial charge in [0.15, 0.2) is 0 Å². The Morgan fingerprint density at radius 2 is 2.05 bits per heavy atom. The first kappa shape index (κ1) is 15.7. The molecule has 0 spiro atoms. The number of carbonyl (C=O) groups is 1. The fourth-order valence-electron chi connectivity index (χ4n) is 2.05. The number of methoxy groups -OCH3 is 1. The minimum absolute atomic E-state index is 0.117. The van der Waals surface area contributed by atoms with Crippen LogP contribution >= 0.6 is 0 Å². The van der Waals surface area contributed by atoms with Crippen molar-refractivity contribution >= 4 is 5.91 Å². The van der Waals surface area contributed by atoms with Crippen LogP contribution in [0.5, 0.6) is 0 Å². The number of hydrogen-bond acceptors (Lipinski definition) is 3. The van der Waals surface area contributed by atoms with E-state index in [1.807, 2.05) is 42.2 Å². The number of hydrogen-bond donors (Lipinski definition) is 1. The predicted octanol–water partition coefficient (Wildman–Crippen LogP) is 1.30. The van der Waals surface area contributed by atoms with Crippen LogP contribution < -0.4 is 5.73 Å². The minimum Gasteiger partial charge on any atom is -0.383 e. The summed E-state index contributed by atoms with van der Waals surface area (Å²) < 4.78 is 5.03. The second kappa shape index (κ2) is 8.67. The number of nitrogens with zero attached hydrogens (tertiary/aromatic N) is 1. The lowest BCUT2D eigenvalue weighted by Gasteiger charge is -2.25. The Labute approximate surface area is 115 Å². The highest BCUT2D eigenvalue weighted by molar-refractivity contribution is 5.79. The van der Waals surface area contributed by atoms with Gasteiger partial charge in [0, 0.05) is 26.7 Å². The van der Waals surface area contributed by atoms with Crippen LogP contribution in [-0.2, 0) is 16.0 Å². The molecule has 1 aromatic carbocycles. The van der Waals surface area contributed by atoms with E-state index in [2.05, 4.69) is 0 Å². The third-order valence-corrected chi connectivity index (χ3v) is 3.22. The van der Waals surface area contributed by atoms with Crippen molar-refractivity contribution in [2.24, 2.45) is 11.7 Å². The van der Waals surface area contributed by atoms with Gasteiger partial charge in [-0.3, -0.25) is 4.79 Å². The zero-order valence-electron chi connectivity index (χ0n) is 11.8. The molecule has 0 aliphatic heterocycles. The molecule has 0 saturated carbocycles. The van der Waals surface area contributed by atoms with Gasteiger partial charge in [0.1, 0.15) is 0 Å². The maximum atomic E-state index is 12.4. The van der Waals surface area contributed by atoms with Crippen LogP contribution in [-0.4, -0.2) is 44.2 Å². The van der Waals surface area contributed by atoms with E-state index >= 15 is 0 Å². The summed E-state index contributed by atoms with van der Waals surface area (Å²) in [6.07, 6.45) is 0.694. The first-order valence-corrected chi connectivity index (χ1v) is 6.74. The summed E-state index contributed by atoms with van der Waals surface area (Å²) in [6, 6.07) is 9.99. The molecule has 19 heavy (non-hydrogen) atoms. The molecule has 4 heteroatoms. The Morgan fingerprint density at radius 3 is 2.58 bits per heavy atom. The van der Waals surface area contributed by atoms with Gasteiger partial charge in [-0.05, 0) is 18.9 Å². The van der Waals surface area contributed by atoms with E-state index in [0.717, 1.165) is 5.56 Å². The van der Waals surface area contributed by atoms with Crippen molar-refractivity contribution in [1.29, 1.82) is 0 Å². The molecule has 0 heterocycles. The summed E-state index contributed by atoms with van der Waals surface area (Å²) in [6.45, 7) is 4.22. The fraction of sp³-hybridized carbons (Fsp3) is 0.533. The van der Waals surface area contributed by atoms with E-state index in [-0.39, 0.29) is 11.8 Å². The molecule has 0 saturated heterocycles. The van der Waals surface area contributed by atoms with Crippen LogP contribution in [0.3, 0.4) is 0 Å². The van der Waals surface area contributed by atoms with Crippen molar-refractivity contribution in [2.45, 2.75) is 13.3 Å². The average Bonchev–Trinajstić information content (AvgIpc) is 2.46. The number of rotatable bonds is 8. The number of nitrogens with two attached hydrogens (primary N) is 1. The van der Waals surface area contributed by atoms with Crippen molar-refractivity contribution in [3.8, 4) is 0 Å². The van der Waals surface area contributed by atoms with Gasteiger partial charge in [-0.2, -0.15) is 0 Å². The summed E-state index contributed by atoms with van der Waals surface area (Å²) in [4.78, 5) is 14.2. The Morgan fingerprint density at radius 1 is 1.37 bits per heavy atom. The Balaban J connectivity index is 2.64. The molecule has 1 atom stereocenters. The van der Waals surface area contributed by atoms with Crippen molar-refractivity contribution in [2.75, 3.05) is 33.4 Å². The number of likely N-dealkylation sites (N-methyl/N-ethyl adjacent to an activating group) is 1. The number of ether oxygens (including phenoxy) is 1. The molecule has 0 bridgehead atoms. The van der Waals surface area contributed by atoms with Crippen LogP contribution in [0.1, 0.15) is 12.5 Å². The molecule has 1 unspecified atom stereocenters. The van der Waals surface area contributed by atoms with Crippen molar-refractivity contribution in [1.82, 2.24) is 4.90 Å². The highest BCUT2D eigenvalue weighted by atomic mass is 16.5. The van der Waals surface area contributed by atoms with Gasteiger partial charge in [0.05, 0.1) is 12.5 Å². The van der Waals surface area contributed by atoms with Crippen LogP contribution in [0.2, 0.25) is 0 Å². The molecular formula is C15H24N2O2. The Kier molecular flexibility index (Phi) is 7.15. The van der Waals surface area contributed by atoms with E-state index in [0.29, 0.717) is 32.7 Å². The van der Waals surface area contributed by atoms with Crippen molar-refractivity contribution < 1.29 is 9.53 Å².